The van der Waals surface area contributed by atoms with Gasteiger partial charge in [-0.3, -0.25) is 4.72 Å². The van der Waals surface area contributed by atoms with E-state index in [9.17, 15) is 8.42 Å². The summed E-state index contributed by atoms with van der Waals surface area (Å²) < 4.78 is 32.5. The predicted molar refractivity (Wildman–Crippen MR) is 84.8 cm³/mol. The number of ether oxygens (including phenoxy) is 1. The maximum absolute atomic E-state index is 12.4. The third-order valence-corrected chi connectivity index (χ3v) is 4.60. The second-order valence-corrected chi connectivity index (χ2v) is 6.26. The summed E-state index contributed by atoms with van der Waals surface area (Å²) in [5.74, 6) is 0.402. The molecule has 0 aliphatic rings. The lowest BCUT2D eigenvalue weighted by Crippen LogP contribution is -2.14. The summed E-state index contributed by atoms with van der Waals surface area (Å²) in [5, 5.41) is 3.27. The van der Waals surface area contributed by atoms with Crippen molar-refractivity contribution >= 4 is 33.0 Å². The molecule has 0 aliphatic heterocycles. The molecule has 5 nitrogen and oxygen atoms in total. The fourth-order valence-electron chi connectivity index (χ4n) is 1.84. The molecule has 0 atom stereocenters. The van der Waals surface area contributed by atoms with Crippen LogP contribution in [-0.2, 0) is 10.0 Å². The molecule has 2 N–H and O–H groups in total. The van der Waals surface area contributed by atoms with Gasteiger partial charge in [-0.2, -0.15) is 0 Å². The van der Waals surface area contributed by atoms with Crippen LogP contribution in [-0.4, -0.2) is 22.6 Å². The van der Waals surface area contributed by atoms with Crippen molar-refractivity contribution in [2.45, 2.75) is 4.90 Å². The van der Waals surface area contributed by atoms with E-state index in [0.717, 1.165) is 0 Å². The minimum Gasteiger partial charge on any atom is -0.495 e. The molecule has 0 aromatic heterocycles. The third-order valence-electron chi connectivity index (χ3n) is 2.85. The van der Waals surface area contributed by atoms with Crippen molar-refractivity contribution in [2.75, 3.05) is 24.2 Å². The van der Waals surface area contributed by atoms with E-state index in [1.54, 1.807) is 37.4 Å². The number of hydrogen-bond acceptors (Lipinski definition) is 4. The van der Waals surface area contributed by atoms with E-state index in [1.165, 1.54) is 19.2 Å². The zero-order valence-electron chi connectivity index (χ0n) is 11.6. The topological polar surface area (TPSA) is 67.4 Å². The van der Waals surface area contributed by atoms with Gasteiger partial charge in [-0.15, -0.1) is 0 Å². The molecule has 0 bridgehead atoms. The summed E-state index contributed by atoms with van der Waals surface area (Å²) in [6, 6.07) is 11.3. The molecule has 0 radical (unpaired) electrons. The van der Waals surface area contributed by atoms with Gasteiger partial charge in [-0.25, -0.2) is 8.42 Å². The first kappa shape index (κ1) is 15.5. The van der Waals surface area contributed by atoms with Gasteiger partial charge in [0.15, 0.2) is 0 Å². The number of halogens is 1. The van der Waals surface area contributed by atoms with Crippen LogP contribution < -0.4 is 14.8 Å². The Hall–Kier alpha value is -1.92. The molecule has 0 saturated heterocycles. The van der Waals surface area contributed by atoms with Gasteiger partial charge in [-0.05, 0) is 24.3 Å². The van der Waals surface area contributed by atoms with E-state index in [-0.39, 0.29) is 4.90 Å². The van der Waals surface area contributed by atoms with Crippen LogP contribution in [0.1, 0.15) is 0 Å². The van der Waals surface area contributed by atoms with Crippen molar-refractivity contribution in [3.63, 3.8) is 0 Å². The molecule has 21 heavy (non-hydrogen) atoms. The number of methoxy groups -OCH3 is 1. The second-order valence-electron chi connectivity index (χ2n) is 4.20. The van der Waals surface area contributed by atoms with E-state index in [4.69, 9.17) is 16.3 Å². The summed E-state index contributed by atoms with van der Waals surface area (Å²) in [7, 11) is -0.571. The third kappa shape index (κ3) is 3.40. The number of anilines is 2. The minimum atomic E-state index is -3.71. The summed E-state index contributed by atoms with van der Waals surface area (Å²) in [4.78, 5) is 0.168. The number of rotatable bonds is 5. The van der Waals surface area contributed by atoms with Gasteiger partial charge in [-0.1, -0.05) is 23.7 Å². The Morgan fingerprint density at radius 2 is 1.86 bits per heavy atom. The molecule has 0 saturated carbocycles. The first-order chi connectivity index (χ1) is 9.97. The smallest absolute Gasteiger partial charge is 0.263 e. The Kier molecular flexibility index (Phi) is 4.59. The van der Waals surface area contributed by atoms with Crippen molar-refractivity contribution in [3.05, 3.63) is 47.5 Å². The van der Waals surface area contributed by atoms with Gasteiger partial charge < -0.3 is 10.1 Å². The van der Waals surface area contributed by atoms with Crippen LogP contribution in [0.5, 0.6) is 5.75 Å². The minimum absolute atomic E-state index is 0.168. The molecule has 112 valence electrons. The molecule has 0 fully saturated rings. The van der Waals surface area contributed by atoms with Crippen molar-refractivity contribution in [2.24, 2.45) is 0 Å². The Bertz CT molecular complexity index is 748. The zero-order chi connectivity index (χ0) is 15.5. The summed E-state index contributed by atoms with van der Waals surface area (Å²) in [5.41, 5.74) is 0.896. The van der Waals surface area contributed by atoms with E-state index < -0.39 is 10.0 Å². The van der Waals surface area contributed by atoms with Gasteiger partial charge in [0, 0.05) is 13.1 Å². The SMILES string of the molecule is CNc1ccccc1S(=O)(=O)Nc1ccc(Cl)c(OC)c1. The van der Waals surface area contributed by atoms with Gasteiger partial charge in [0.2, 0.25) is 0 Å². The predicted octanol–water partition coefficient (Wildman–Crippen LogP) is 3.19. The highest BCUT2D eigenvalue weighted by Crippen LogP contribution is 2.29. The lowest BCUT2D eigenvalue weighted by molar-refractivity contribution is 0.415. The molecule has 2 aromatic carbocycles. The Balaban J connectivity index is 2.37. The monoisotopic (exact) mass is 326 g/mol. The van der Waals surface area contributed by atoms with Gasteiger partial charge >= 0.3 is 0 Å². The maximum atomic E-state index is 12.4. The number of nitrogens with one attached hydrogen (secondary N) is 2. The highest BCUT2D eigenvalue weighted by molar-refractivity contribution is 7.92. The van der Waals surface area contributed by atoms with Gasteiger partial charge in [0.25, 0.3) is 10.0 Å². The molecular formula is C14H15ClN2O3S. The molecule has 0 amide bonds. The first-order valence-electron chi connectivity index (χ1n) is 6.11. The molecule has 2 aromatic rings. The average molecular weight is 327 g/mol. The van der Waals surface area contributed by atoms with Crippen LogP contribution in [0.4, 0.5) is 11.4 Å². The first-order valence-corrected chi connectivity index (χ1v) is 7.97. The van der Waals surface area contributed by atoms with E-state index in [0.29, 0.717) is 22.1 Å². The number of sulfonamides is 1. The van der Waals surface area contributed by atoms with E-state index in [1.807, 2.05) is 0 Å². The van der Waals surface area contributed by atoms with Crippen molar-refractivity contribution in [3.8, 4) is 5.75 Å². The fourth-order valence-corrected chi connectivity index (χ4v) is 3.30. The fraction of sp³-hybridized carbons (Fsp3) is 0.143. The Labute approximate surface area is 128 Å². The number of para-hydroxylation sites is 1. The van der Waals surface area contributed by atoms with Crippen LogP contribution in [0.2, 0.25) is 5.02 Å². The summed E-state index contributed by atoms with van der Waals surface area (Å²) >= 11 is 5.92. The highest BCUT2D eigenvalue weighted by atomic mass is 35.5. The van der Waals surface area contributed by atoms with Gasteiger partial charge in [0.1, 0.15) is 10.6 Å². The molecule has 2 rings (SSSR count). The standard InChI is InChI=1S/C14H15ClN2O3S/c1-16-12-5-3-4-6-14(12)21(18,19)17-10-7-8-11(15)13(9-10)20-2/h3-9,16-17H,1-2H3. The van der Waals surface area contributed by atoms with Crippen LogP contribution in [0.3, 0.4) is 0 Å². The molecule has 0 unspecified atom stereocenters. The number of hydrogen-bond donors (Lipinski definition) is 2. The zero-order valence-corrected chi connectivity index (χ0v) is 13.1. The van der Waals surface area contributed by atoms with Crippen molar-refractivity contribution in [1.82, 2.24) is 0 Å². The Morgan fingerprint density at radius 1 is 1.14 bits per heavy atom. The van der Waals surface area contributed by atoms with Gasteiger partial charge in [0.05, 0.1) is 23.5 Å². The van der Waals surface area contributed by atoms with Crippen LogP contribution in [0.25, 0.3) is 0 Å². The largest absolute Gasteiger partial charge is 0.495 e. The van der Waals surface area contributed by atoms with Crippen molar-refractivity contribution in [1.29, 1.82) is 0 Å². The van der Waals surface area contributed by atoms with E-state index >= 15 is 0 Å². The maximum Gasteiger partial charge on any atom is 0.263 e. The lowest BCUT2D eigenvalue weighted by Gasteiger charge is -2.13. The van der Waals surface area contributed by atoms with Crippen LogP contribution in [0, 0.1) is 0 Å². The average Bonchev–Trinajstić information content (AvgIpc) is 2.49. The van der Waals surface area contributed by atoms with Crippen LogP contribution >= 0.6 is 11.6 Å². The molecule has 0 spiro atoms. The highest BCUT2D eigenvalue weighted by Gasteiger charge is 2.18. The van der Waals surface area contributed by atoms with E-state index in [2.05, 4.69) is 10.0 Å². The quantitative estimate of drug-likeness (QED) is 0.885. The van der Waals surface area contributed by atoms with Crippen molar-refractivity contribution < 1.29 is 13.2 Å². The normalized spacial score (nSPS) is 11.0. The molecule has 0 aliphatic carbocycles. The summed E-state index contributed by atoms with van der Waals surface area (Å²) in [6.45, 7) is 0. The summed E-state index contributed by atoms with van der Waals surface area (Å²) in [6.07, 6.45) is 0. The molecule has 7 heteroatoms. The Morgan fingerprint density at radius 3 is 2.52 bits per heavy atom. The number of benzene rings is 2. The molecular weight excluding hydrogens is 312 g/mol. The molecule has 0 heterocycles. The lowest BCUT2D eigenvalue weighted by atomic mass is 10.3. The van der Waals surface area contributed by atoms with Crippen LogP contribution in [0.15, 0.2) is 47.4 Å². The second kappa shape index (κ2) is 6.24.